The van der Waals surface area contributed by atoms with E-state index in [1.807, 2.05) is 0 Å². The number of para-hydroxylation sites is 1. The minimum absolute atomic E-state index is 0.296. The molecule has 1 N–H and O–H groups in total. The number of aryl methyl sites for hydroxylation is 1. The molecule has 0 fully saturated rings. The summed E-state index contributed by atoms with van der Waals surface area (Å²) >= 11 is 18.0. The molecule has 0 atom stereocenters. The van der Waals surface area contributed by atoms with Crippen molar-refractivity contribution < 1.29 is 9.21 Å². The first kappa shape index (κ1) is 16.9. The van der Waals surface area contributed by atoms with Crippen LogP contribution in [0.3, 0.4) is 0 Å². The number of rotatable bonds is 3. The molecule has 122 valence electrons. The molecule has 1 aromatic heterocycles. The minimum Gasteiger partial charge on any atom is -0.461 e. The van der Waals surface area contributed by atoms with E-state index in [0.717, 1.165) is 5.56 Å². The van der Waals surface area contributed by atoms with Crippen molar-refractivity contribution in [3.05, 3.63) is 74.9 Å². The Labute approximate surface area is 154 Å². The predicted octanol–water partition coefficient (Wildman–Crippen LogP) is 6.47. The maximum atomic E-state index is 12.5. The van der Waals surface area contributed by atoms with Gasteiger partial charge in [-0.05, 0) is 43.3 Å². The summed E-state index contributed by atoms with van der Waals surface area (Å²) in [6.07, 6.45) is 0. The van der Waals surface area contributed by atoms with Crippen molar-refractivity contribution >= 4 is 46.4 Å². The van der Waals surface area contributed by atoms with Gasteiger partial charge in [0, 0.05) is 5.56 Å². The van der Waals surface area contributed by atoms with Gasteiger partial charge in [0.2, 0.25) is 0 Å². The van der Waals surface area contributed by atoms with Crippen molar-refractivity contribution in [2.24, 2.45) is 0 Å². The van der Waals surface area contributed by atoms with E-state index in [1.54, 1.807) is 55.5 Å². The molecule has 0 bridgehead atoms. The highest BCUT2D eigenvalue weighted by Gasteiger charge is 2.17. The summed E-state index contributed by atoms with van der Waals surface area (Å²) < 4.78 is 5.69. The number of carbonyl (C=O) groups is 1. The highest BCUT2D eigenvalue weighted by Crippen LogP contribution is 2.31. The normalized spacial score (nSPS) is 10.7. The van der Waals surface area contributed by atoms with E-state index >= 15 is 0 Å². The van der Waals surface area contributed by atoms with Crippen LogP contribution in [-0.2, 0) is 0 Å². The van der Waals surface area contributed by atoms with Crippen LogP contribution in [0.5, 0.6) is 0 Å². The summed E-state index contributed by atoms with van der Waals surface area (Å²) in [5.74, 6) is 0.742. The van der Waals surface area contributed by atoms with Gasteiger partial charge in [-0.3, -0.25) is 4.79 Å². The lowest BCUT2D eigenvalue weighted by atomic mass is 10.1. The highest BCUT2D eigenvalue weighted by molar-refractivity contribution is 6.42. The monoisotopic (exact) mass is 379 g/mol. The van der Waals surface area contributed by atoms with Gasteiger partial charge in [-0.15, -0.1) is 0 Å². The number of hydrogen-bond acceptors (Lipinski definition) is 2. The second kappa shape index (κ2) is 6.89. The Morgan fingerprint density at radius 2 is 1.71 bits per heavy atom. The van der Waals surface area contributed by atoms with E-state index in [4.69, 9.17) is 39.2 Å². The molecular weight excluding hydrogens is 369 g/mol. The summed E-state index contributed by atoms with van der Waals surface area (Å²) in [6.45, 7) is 1.72. The van der Waals surface area contributed by atoms with Crippen molar-refractivity contribution in [1.29, 1.82) is 0 Å². The standard InChI is InChI=1S/C18H12Cl3NO2/c1-10-12(18(23)22-16-5-3-2-4-14(16)20)9-17(24-10)11-6-7-13(19)15(21)8-11/h2-9H,1H3,(H,22,23). The maximum Gasteiger partial charge on any atom is 0.259 e. The number of furan rings is 1. The Morgan fingerprint density at radius 1 is 0.958 bits per heavy atom. The van der Waals surface area contributed by atoms with Gasteiger partial charge in [0.1, 0.15) is 11.5 Å². The summed E-state index contributed by atoms with van der Waals surface area (Å²) in [4.78, 5) is 12.5. The van der Waals surface area contributed by atoms with Gasteiger partial charge in [-0.25, -0.2) is 0 Å². The van der Waals surface area contributed by atoms with Gasteiger partial charge in [0.05, 0.1) is 26.3 Å². The molecule has 0 saturated heterocycles. The van der Waals surface area contributed by atoms with E-state index in [0.29, 0.717) is 37.8 Å². The smallest absolute Gasteiger partial charge is 0.259 e. The molecule has 1 amide bonds. The van der Waals surface area contributed by atoms with Crippen LogP contribution in [0.4, 0.5) is 5.69 Å². The van der Waals surface area contributed by atoms with Crippen LogP contribution in [0.2, 0.25) is 15.1 Å². The zero-order valence-corrected chi connectivity index (χ0v) is 14.8. The topological polar surface area (TPSA) is 42.2 Å². The maximum absolute atomic E-state index is 12.5. The van der Waals surface area contributed by atoms with Crippen LogP contribution < -0.4 is 5.32 Å². The Balaban J connectivity index is 1.90. The van der Waals surface area contributed by atoms with Crippen LogP contribution in [0.15, 0.2) is 52.9 Å². The minimum atomic E-state index is -0.296. The fourth-order valence-electron chi connectivity index (χ4n) is 2.25. The van der Waals surface area contributed by atoms with Crippen molar-refractivity contribution in [1.82, 2.24) is 0 Å². The number of benzene rings is 2. The highest BCUT2D eigenvalue weighted by atomic mass is 35.5. The lowest BCUT2D eigenvalue weighted by molar-refractivity contribution is 0.102. The SMILES string of the molecule is Cc1oc(-c2ccc(Cl)c(Cl)c2)cc1C(=O)Nc1ccccc1Cl. The molecule has 0 saturated carbocycles. The molecule has 0 aliphatic heterocycles. The Kier molecular flexibility index (Phi) is 4.86. The summed E-state index contributed by atoms with van der Waals surface area (Å²) in [5.41, 5.74) is 1.71. The molecule has 0 aliphatic rings. The van der Waals surface area contributed by atoms with Gasteiger partial charge in [0.15, 0.2) is 0 Å². The van der Waals surface area contributed by atoms with E-state index in [9.17, 15) is 4.79 Å². The number of amides is 1. The second-order valence-corrected chi connectivity index (χ2v) is 6.36. The first-order chi connectivity index (χ1) is 11.5. The quantitative estimate of drug-likeness (QED) is 0.566. The largest absolute Gasteiger partial charge is 0.461 e. The van der Waals surface area contributed by atoms with Crippen LogP contribution in [-0.4, -0.2) is 5.91 Å². The Bertz CT molecular complexity index is 918. The fraction of sp³-hybridized carbons (Fsp3) is 0.0556. The van der Waals surface area contributed by atoms with Gasteiger partial charge >= 0.3 is 0 Å². The molecule has 0 aliphatic carbocycles. The molecular formula is C18H12Cl3NO2. The molecule has 24 heavy (non-hydrogen) atoms. The third-order valence-electron chi connectivity index (χ3n) is 3.49. The van der Waals surface area contributed by atoms with Crippen molar-refractivity contribution in [3.8, 4) is 11.3 Å². The summed E-state index contributed by atoms with van der Waals surface area (Å²) in [5, 5.41) is 4.12. The number of carbonyl (C=O) groups excluding carboxylic acids is 1. The average Bonchev–Trinajstić information content (AvgIpc) is 2.94. The van der Waals surface area contributed by atoms with Crippen LogP contribution in [0.25, 0.3) is 11.3 Å². The number of anilines is 1. The van der Waals surface area contributed by atoms with E-state index in [-0.39, 0.29) is 5.91 Å². The van der Waals surface area contributed by atoms with Crippen LogP contribution >= 0.6 is 34.8 Å². The Morgan fingerprint density at radius 3 is 2.42 bits per heavy atom. The predicted molar refractivity (Wildman–Crippen MR) is 98.3 cm³/mol. The molecule has 6 heteroatoms. The fourth-order valence-corrected chi connectivity index (χ4v) is 2.73. The summed E-state index contributed by atoms with van der Waals surface area (Å²) in [6, 6.07) is 13.9. The molecule has 3 nitrogen and oxygen atoms in total. The number of hydrogen-bond donors (Lipinski definition) is 1. The Hall–Kier alpha value is -1.94. The molecule has 0 radical (unpaired) electrons. The van der Waals surface area contributed by atoms with E-state index in [1.165, 1.54) is 0 Å². The molecule has 3 aromatic rings. The van der Waals surface area contributed by atoms with Gasteiger partial charge in [0.25, 0.3) is 5.91 Å². The first-order valence-corrected chi connectivity index (χ1v) is 8.21. The molecule has 0 spiro atoms. The second-order valence-electron chi connectivity index (χ2n) is 5.14. The van der Waals surface area contributed by atoms with E-state index < -0.39 is 0 Å². The van der Waals surface area contributed by atoms with Crippen molar-refractivity contribution in [2.75, 3.05) is 5.32 Å². The van der Waals surface area contributed by atoms with Gasteiger partial charge in [-0.2, -0.15) is 0 Å². The summed E-state index contributed by atoms with van der Waals surface area (Å²) in [7, 11) is 0. The van der Waals surface area contributed by atoms with Crippen molar-refractivity contribution in [3.63, 3.8) is 0 Å². The third-order valence-corrected chi connectivity index (χ3v) is 4.56. The van der Waals surface area contributed by atoms with Crippen LogP contribution in [0, 0.1) is 6.92 Å². The average molecular weight is 381 g/mol. The molecule has 1 heterocycles. The van der Waals surface area contributed by atoms with E-state index in [2.05, 4.69) is 5.32 Å². The molecule has 0 unspecified atom stereocenters. The number of nitrogens with one attached hydrogen (secondary N) is 1. The third kappa shape index (κ3) is 3.44. The van der Waals surface area contributed by atoms with Gasteiger partial charge < -0.3 is 9.73 Å². The van der Waals surface area contributed by atoms with Crippen molar-refractivity contribution in [2.45, 2.75) is 6.92 Å². The lowest BCUT2D eigenvalue weighted by Crippen LogP contribution is -2.12. The lowest BCUT2D eigenvalue weighted by Gasteiger charge is -2.05. The zero-order chi connectivity index (χ0) is 17.3. The first-order valence-electron chi connectivity index (χ1n) is 7.07. The molecule has 3 rings (SSSR count). The van der Waals surface area contributed by atoms with Gasteiger partial charge in [-0.1, -0.05) is 46.9 Å². The molecule has 2 aromatic carbocycles. The number of halogens is 3. The van der Waals surface area contributed by atoms with Crippen LogP contribution in [0.1, 0.15) is 16.1 Å². The zero-order valence-electron chi connectivity index (χ0n) is 12.6.